The van der Waals surface area contributed by atoms with Crippen LogP contribution in [0.2, 0.25) is 0 Å². The minimum atomic E-state index is -0.228. The number of carbonyl (C=O) groups is 1. The van der Waals surface area contributed by atoms with Crippen LogP contribution in [-0.4, -0.2) is 38.7 Å². The van der Waals surface area contributed by atoms with E-state index in [1.165, 1.54) is 11.8 Å². The number of hydrazone groups is 1. The molecule has 1 heterocycles. The van der Waals surface area contributed by atoms with Gasteiger partial charge in [-0.2, -0.15) is 5.10 Å². The Morgan fingerprint density at radius 1 is 1.03 bits per heavy atom. The average molecular weight is 550 g/mol. The number of aromatic nitrogens is 3. The Labute approximate surface area is 216 Å². The number of hydrogen-bond acceptors (Lipinski definition) is 6. The maximum absolute atomic E-state index is 12.5. The number of nitrogens with one attached hydrogen (secondary N) is 1. The van der Waals surface area contributed by atoms with Crippen LogP contribution >= 0.6 is 27.7 Å². The van der Waals surface area contributed by atoms with Crippen LogP contribution in [0.4, 0.5) is 0 Å². The second-order valence-electron chi connectivity index (χ2n) is 7.46. The lowest BCUT2D eigenvalue weighted by Gasteiger charge is -2.11. The molecule has 0 atom stereocenters. The Morgan fingerprint density at radius 2 is 1.74 bits per heavy atom. The number of rotatable bonds is 9. The molecule has 1 amide bonds. The molecule has 0 radical (unpaired) electrons. The number of carbonyl (C=O) groups excluding carboxylic acids is 1. The van der Waals surface area contributed by atoms with Crippen molar-refractivity contribution >= 4 is 39.3 Å². The second kappa shape index (κ2) is 11.8. The van der Waals surface area contributed by atoms with Crippen molar-refractivity contribution in [2.45, 2.75) is 19.0 Å². The predicted octanol–water partition coefficient (Wildman–Crippen LogP) is 5.73. The predicted molar refractivity (Wildman–Crippen MR) is 143 cm³/mol. The number of ether oxygens (including phenoxy) is 1. The average Bonchev–Trinajstić information content (AvgIpc) is 3.31. The Kier molecular flexibility index (Phi) is 8.33. The third kappa shape index (κ3) is 6.37. The van der Waals surface area contributed by atoms with Gasteiger partial charge in [0.1, 0.15) is 5.75 Å². The molecule has 7 nitrogen and oxygen atoms in total. The summed E-state index contributed by atoms with van der Waals surface area (Å²) in [6, 6.07) is 25.3. The lowest BCUT2D eigenvalue weighted by atomic mass is 10.1. The number of hydrogen-bond donors (Lipinski definition) is 1. The van der Waals surface area contributed by atoms with E-state index in [9.17, 15) is 4.79 Å². The molecule has 0 aliphatic rings. The Balaban J connectivity index is 1.52. The summed E-state index contributed by atoms with van der Waals surface area (Å²) in [5.74, 6) is 1.40. The van der Waals surface area contributed by atoms with Crippen LogP contribution in [0.1, 0.15) is 19.4 Å². The zero-order valence-corrected chi connectivity index (χ0v) is 21.7. The van der Waals surface area contributed by atoms with E-state index in [1.54, 1.807) is 0 Å². The number of amides is 1. The molecule has 9 heteroatoms. The summed E-state index contributed by atoms with van der Waals surface area (Å²) in [5.41, 5.74) is 6.09. The standard InChI is InChI=1S/C26H24BrN5O2S/c1-3-34-23-15-13-22(14-16-23)32-25(20-7-5-4-6-8-20)30-31-26(32)35-17-24(33)29-28-18(2)19-9-11-21(27)12-10-19/h4-16H,3,17H2,1-2H3,(H,29,33)/b28-18+. The van der Waals surface area contributed by atoms with Crippen molar-refractivity contribution in [2.75, 3.05) is 12.4 Å². The topological polar surface area (TPSA) is 81.4 Å². The van der Waals surface area contributed by atoms with E-state index in [-0.39, 0.29) is 11.7 Å². The van der Waals surface area contributed by atoms with Gasteiger partial charge in [-0.15, -0.1) is 10.2 Å². The quantitative estimate of drug-likeness (QED) is 0.164. The van der Waals surface area contributed by atoms with Crippen molar-refractivity contribution in [1.82, 2.24) is 20.2 Å². The van der Waals surface area contributed by atoms with Crippen molar-refractivity contribution in [3.63, 3.8) is 0 Å². The zero-order chi connectivity index (χ0) is 24.6. The largest absolute Gasteiger partial charge is 0.494 e. The van der Waals surface area contributed by atoms with Crippen molar-refractivity contribution in [3.05, 3.63) is 88.9 Å². The van der Waals surface area contributed by atoms with Gasteiger partial charge in [-0.3, -0.25) is 9.36 Å². The summed E-state index contributed by atoms with van der Waals surface area (Å²) >= 11 is 4.72. The molecule has 0 fully saturated rings. The molecular formula is C26H24BrN5O2S. The SMILES string of the molecule is CCOc1ccc(-n2c(SCC(=O)N/N=C(\C)c3ccc(Br)cc3)nnc2-c2ccccc2)cc1. The van der Waals surface area contributed by atoms with Gasteiger partial charge < -0.3 is 4.74 Å². The summed E-state index contributed by atoms with van der Waals surface area (Å²) in [4.78, 5) is 12.5. The first kappa shape index (κ1) is 24.7. The molecule has 0 aliphatic heterocycles. The lowest BCUT2D eigenvalue weighted by molar-refractivity contribution is -0.118. The van der Waals surface area contributed by atoms with Crippen molar-refractivity contribution in [1.29, 1.82) is 0 Å². The lowest BCUT2D eigenvalue weighted by Crippen LogP contribution is -2.21. The van der Waals surface area contributed by atoms with Gasteiger partial charge >= 0.3 is 0 Å². The molecule has 0 unspecified atom stereocenters. The summed E-state index contributed by atoms with van der Waals surface area (Å²) < 4.78 is 8.50. The molecular weight excluding hydrogens is 526 g/mol. The van der Waals surface area contributed by atoms with Crippen LogP contribution in [0.25, 0.3) is 17.1 Å². The molecule has 1 aromatic heterocycles. The molecule has 0 aliphatic carbocycles. The number of thioether (sulfide) groups is 1. The monoisotopic (exact) mass is 549 g/mol. The van der Waals surface area contributed by atoms with E-state index in [0.29, 0.717) is 17.6 Å². The zero-order valence-electron chi connectivity index (χ0n) is 19.3. The number of nitrogens with zero attached hydrogens (tertiary/aromatic N) is 4. The van der Waals surface area contributed by atoms with E-state index in [1.807, 2.05) is 97.3 Å². The van der Waals surface area contributed by atoms with Gasteiger partial charge in [0, 0.05) is 15.7 Å². The molecule has 3 aromatic carbocycles. The molecule has 178 valence electrons. The molecule has 0 saturated carbocycles. The molecule has 0 bridgehead atoms. The van der Waals surface area contributed by atoms with Crippen LogP contribution < -0.4 is 10.2 Å². The van der Waals surface area contributed by atoms with Gasteiger partial charge in [0.05, 0.1) is 18.1 Å². The van der Waals surface area contributed by atoms with Crippen molar-refractivity contribution in [3.8, 4) is 22.8 Å². The molecule has 0 saturated heterocycles. The summed E-state index contributed by atoms with van der Waals surface area (Å²) in [5, 5.41) is 13.6. The van der Waals surface area contributed by atoms with Gasteiger partial charge in [-0.25, -0.2) is 5.43 Å². The van der Waals surface area contributed by atoms with Crippen molar-refractivity contribution < 1.29 is 9.53 Å². The number of benzene rings is 3. The van der Waals surface area contributed by atoms with Crippen LogP contribution in [0.15, 0.2) is 93.6 Å². The maximum Gasteiger partial charge on any atom is 0.250 e. The first-order valence-corrected chi connectivity index (χ1v) is 12.8. The fraction of sp³-hybridized carbons (Fsp3) is 0.154. The molecule has 1 N–H and O–H groups in total. The Bertz CT molecular complexity index is 1310. The highest BCUT2D eigenvalue weighted by Gasteiger charge is 2.17. The van der Waals surface area contributed by atoms with Gasteiger partial charge in [0.2, 0.25) is 0 Å². The van der Waals surface area contributed by atoms with E-state index in [4.69, 9.17) is 4.74 Å². The third-order valence-electron chi connectivity index (χ3n) is 5.01. The summed E-state index contributed by atoms with van der Waals surface area (Å²) in [6.45, 7) is 4.40. The van der Waals surface area contributed by atoms with Gasteiger partial charge in [0.25, 0.3) is 5.91 Å². The highest BCUT2D eigenvalue weighted by molar-refractivity contribution is 9.10. The van der Waals surface area contributed by atoms with E-state index in [2.05, 4.69) is 36.7 Å². The minimum absolute atomic E-state index is 0.140. The van der Waals surface area contributed by atoms with Crippen LogP contribution in [0.5, 0.6) is 5.75 Å². The normalized spacial score (nSPS) is 11.3. The van der Waals surface area contributed by atoms with Crippen LogP contribution in [0, 0.1) is 0 Å². The van der Waals surface area contributed by atoms with Crippen molar-refractivity contribution in [2.24, 2.45) is 5.10 Å². The second-order valence-corrected chi connectivity index (χ2v) is 9.32. The molecule has 4 rings (SSSR count). The van der Waals surface area contributed by atoms with Gasteiger partial charge in [0.15, 0.2) is 11.0 Å². The fourth-order valence-corrected chi connectivity index (χ4v) is 4.30. The van der Waals surface area contributed by atoms with Crippen LogP contribution in [0.3, 0.4) is 0 Å². The first-order chi connectivity index (χ1) is 17.0. The third-order valence-corrected chi connectivity index (χ3v) is 6.47. The highest BCUT2D eigenvalue weighted by Crippen LogP contribution is 2.28. The van der Waals surface area contributed by atoms with Crippen LogP contribution in [-0.2, 0) is 4.79 Å². The van der Waals surface area contributed by atoms with Gasteiger partial charge in [-0.05, 0) is 55.8 Å². The summed E-state index contributed by atoms with van der Waals surface area (Å²) in [7, 11) is 0. The fourth-order valence-electron chi connectivity index (χ4n) is 3.29. The smallest absolute Gasteiger partial charge is 0.250 e. The molecule has 4 aromatic rings. The first-order valence-electron chi connectivity index (χ1n) is 11.0. The minimum Gasteiger partial charge on any atom is -0.494 e. The Hall–Kier alpha value is -3.43. The van der Waals surface area contributed by atoms with E-state index in [0.717, 1.165) is 32.7 Å². The maximum atomic E-state index is 12.5. The van der Waals surface area contributed by atoms with Gasteiger partial charge in [-0.1, -0.05) is 70.2 Å². The number of halogens is 1. The molecule has 0 spiro atoms. The highest BCUT2D eigenvalue weighted by atomic mass is 79.9. The van der Waals surface area contributed by atoms with E-state index < -0.39 is 0 Å². The molecule has 35 heavy (non-hydrogen) atoms. The Morgan fingerprint density at radius 3 is 2.43 bits per heavy atom. The van der Waals surface area contributed by atoms with E-state index >= 15 is 0 Å². The summed E-state index contributed by atoms with van der Waals surface area (Å²) in [6.07, 6.45) is 0.